The first-order chi connectivity index (χ1) is 8.61. The molecule has 0 bridgehead atoms. The SMILES string of the molecule is COC(=O)[C@H]1COC(c2ccc(C(C)=O)cc2)=N1. The zero-order valence-electron chi connectivity index (χ0n) is 10.2. The minimum absolute atomic E-state index is 0.00302. The molecule has 1 atom stereocenters. The molecule has 0 aliphatic carbocycles. The molecule has 0 saturated heterocycles. The normalized spacial score (nSPS) is 17.9. The molecule has 5 nitrogen and oxygen atoms in total. The van der Waals surface area contributed by atoms with Crippen LogP contribution in [0.5, 0.6) is 0 Å². The fourth-order valence-electron chi connectivity index (χ4n) is 1.64. The van der Waals surface area contributed by atoms with Crippen LogP contribution in [-0.4, -0.2) is 37.4 Å². The number of Topliss-reactive ketones (excluding diaryl/α,β-unsaturated/α-hetero) is 1. The van der Waals surface area contributed by atoms with E-state index in [2.05, 4.69) is 9.73 Å². The van der Waals surface area contributed by atoms with Crippen molar-refractivity contribution >= 4 is 17.7 Å². The Balaban J connectivity index is 2.18. The van der Waals surface area contributed by atoms with E-state index in [1.54, 1.807) is 24.3 Å². The summed E-state index contributed by atoms with van der Waals surface area (Å²) in [5.41, 5.74) is 1.37. The van der Waals surface area contributed by atoms with Gasteiger partial charge >= 0.3 is 5.97 Å². The number of aliphatic imine (C=N–C) groups is 1. The lowest BCUT2D eigenvalue weighted by Gasteiger charge is -2.01. The van der Waals surface area contributed by atoms with Gasteiger partial charge in [-0.3, -0.25) is 4.79 Å². The summed E-state index contributed by atoms with van der Waals surface area (Å²) in [6.07, 6.45) is 0. The van der Waals surface area contributed by atoms with E-state index in [1.165, 1.54) is 14.0 Å². The standard InChI is InChI=1S/C13H13NO4/c1-8(15)9-3-5-10(6-4-9)12-14-11(7-18-12)13(16)17-2/h3-6,11H,7H2,1-2H3/t11-/m1/s1. The Labute approximate surface area is 104 Å². The highest BCUT2D eigenvalue weighted by molar-refractivity contribution is 5.99. The van der Waals surface area contributed by atoms with Gasteiger partial charge in [0.2, 0.25) is 5.90 Å². The highest BCUT2D eigenvalue weighted by Crippen LogP contribution is 2.14. The van der Waals surface area contributed by atoms with Crippen LogP contribution in [0.25, 0.3) is 0 Å². The summed E-state index contributed by atoms with van der Waals surface area (Å²) in [7, 11) is 1.32. The summed E-state index contributed by atoms with van der Waals surface area (Å²) in [4.78, 5) is 26.6. The Hall–Kier alpha value is -2.17. The van der Waals surface area contributed by atoms with Gasteiger partial charge in [-0.05, 0) is 19.1 Å². The fourth-order valence-corrected chi connectivity index (χ4v) is 1.64. The number of esters is 1. The lowest BCUT2D eigenvalue weighted by atomic mass is 10.1. The van der Waals surface area contributed by atoms with Crippen LogP contribution in [0.3, 0.4) is 0 Å². The average Bonchev–Trinajstić information content (AvgIpc) is 2.87. The molecule has 0 amide bonds. The van der Waals surface area contributed by atoms with Crippen molar-refractivity contribution in [2.24, 2.45) is 4.99 Å². The number of nitrogens with zero attached hydrogens (tertiary/aromatic N) is 1. The van der Waals surface area contributed by atoms with Crippen molar-refractivity contribution in [1.29, 1.82) is 0 Å². The van der Waals surface area contributed by atoms with Gasteiger partial charge in [0.1, 0.15) is 6.61 Å². The van der Waals surface area contributed by atoms with Gasteiger partial charge in [0.05, 0.1) is 7.11 Å². The summed E-state index contributed by atoms with van der Waals surface area (Å²) < 4.78 is 9.94. The maximum Gasteiger partial charge on any atom is 0.334 e. The molecule has 2 rings (SSSR count). The maximum atomic E-state index is 11.3. The molecule has 1 heterocycles. The van der Waals surface area contributed by atoms with Crippen molar-refractivity contribution in [3.63, 3.8) is 0 Å². The Morgan fingerprint density at radius 1 is 1.33 bits per heavy atom. The molecule has 0 unspecified atom stereocenters. The number of hydrogen-bond acceptors (Lipinski definition) is 5. The highest BCUT2D eigenvalue weighted by atomic mass is 16.5. The van der Waals surface area contributed by atoms with E-state index >= 15 is 0 Å². The zero-order chi connectivity index (χ0) is 13.1. The van der Waals surface area contributed by atoms with Crippen LogP contribution >= 0.6 is 0 Å². The third-order valence-corrected chi connectivity index (χ3v) is 2.66. The topological polar surface area (TPSA) is 65.0 Å². The van der Waals surface area contributed by atoms with E-state index in [-0.39, 0.29) is 12.4 Å². The van der Waals surface area contributed by atoms with Crippen molar-refractivity contribution in [2.75, 3.05) is 13.7 Å². The lowest BCUT2D eigenvalue weighted by Crippen LogP contribution is -2.21. The van der Waals surface area contributed by atoms with E-state index in [0.29, 0.717) is 11.5 Å². The molecule has 5 heteroatoms. The van der Waals surface area contributed by atoms with E-state index in [1.807, 2.05) is 0 Å². The largest absolute Gasteiger partial charge is 0.475 e. The Morgan fingerprint density at radius 3 is 2.56 bits per heavy atom. The molecule has 0 spiro atoms. The smallest absolute Gasteiger partial charge is 0.334 e. The average molecular weight is 247 g/mol. The molecule has 0 radical (unpaired) electrons. The summed E-state index contributed by atoms with van der Waals surface area (Å²) in [6.45, 7) is 1.70. The number of methoxy groups -OCH3 is 1. The van der Waals surface area contributed by atoms with E-state index in [4.69, 9.17) is 4.74 Å². The molecule has 0 N–H and O–H groups in total. The van der Waals surface area contributed by atoms with Gasteiger partial charge in [-0.1, -0.05) is 12.1 Å². The van der Waals surface area contributed by atoms with Crippen LogP contribution < -0.4 is 0 Å². The molecule has 1 aliphatic rings. The lowest BCUT2D eigenvalue weighted by molar-refractivity contribution is -0.142. The molecule has 1 aliphatic heterocycles. The third kappa shape index (κ3) is 2.40. The number of carbonyl (C=O) groups is 2. The molecule has 1 aromatic rings. The fraction of sp³-hybridized carbons (Fsp3) is 0.308. The molecular weight excluding hydrogens is 234 g/mol. The van der Waals surface area contributed by atoms with Gasteiger partial charge in [-0.15, -0.1) is 0 Å². The highest BCUT2D eigenvalue weighted by Gasteiger charge is 2.27. The van der Waals surface area contributed by atoms with Gasteiger partial charge in [-0.2, -0.15) is 0 Å². The third-order valence-electron chi connectivity index (χ3n) is 2.66. The Kier molecular flexibility index (Phi) is 3.41. The van der Waals surface area contributed by atoms with E-state index < -0.39 is 12.0 Å². The van der Waals surface area contributed by atoms with Crippen molar-refractivity contribution in [1.82, 2.24) is 0 Å². The van der Waals surface area contributed by atoms with Gasteiger partial charge in [0.25, 0.3) is 0 Å². The van der Waals surface area contributed by atoms with Crippen LogP contribution in [0.1, 0.15) is 22.8 Å². The van der Waals surface area contributed by atoms with Gasteiger partial charge in [-0.25, -0.2) is 9.79 Å². The summed E-state index contributed by atoms with van der Waals surface area (Å²) in [6, 6.07) is 6.30. The zero-order valence-corrected chi connectivity index (χ0v) is 10.2. The molecule has 94 valence electrons. The second kappa shape index (κ2) is 5.00. The van der Waals surface area contributed by atoms with Crippen molar-refractivity contribution in [3.05, 3.63) is 35.4 Å². The monoisotopic (exact) mass is 247 g/mol. The first-order valence-corrected chi connectivity index (χ1v) is 5.51. The Bertz CT molecular complexity index is 504. The number of carbonyl (C=O) groups excluding carboxylic acids is 2. The van der Waals surface area contributed by atoms with Crippen molar-refractivity contribution < 1.29 is 19.1 Å². The number of rotatable bonds is 3. The molecule has 0 aromatic heterocycles. The summed E-state index contributed by atoms with van der Waals surface area (Å²) in [5, 5.41) is 0. The first-order valence-electron chi connectivity index (χ1n) is 5.51. The van der Waals surface area contributed by atoms with Gasteiger partial charge < -0.3 is 9.47 Å². The van der Waals surface area contributed by atoms with Gasteiger partial charge in [0, 0.05) is 11.1 Å². The molecule has 18 heavy (non-hydrogen) atoms. The predicted octanol–water partition coefficient (Wildman–Crippen LogP) is 1.21. The minimum atomic E-state index is -0.600. The van der Waals surface area contributed by atoms with Crippen LogP contribution in [0.2, 0.25) is 0 Å². The first kappa shape index (κ1) is 12.3. The summed E-state index contributed by atoms with van der Waals surface area (Å²) >= 11 is 0. The van der Waals surface area contributed by atoms with Gasteiger partial charge in [0.15, 0.2) is 11.8 Å². The minimum Gasteiger partial charge on any atom is -0.475 e. The Morgan fingerprint density at radius 2 is 2.00 bits per heavy atom. The number of benzene rings is 1. The summed E-state index contributed by atoms with van der Waals surface area (Å²) in [5.74, 6) is -0.00544. The predicted molar refractivity (Wildman–Crippen MR) is 64.7 cm³/mol. The van der Waals surface area contributed by atoms with Crippen LogP contribution in [0.15, 0.2) is 29.3 Å². The molecule has 0 saturated carbocycles. The van der Waals surface area contributed by atoms with E-state index in [9.17, 15) is 9.59 Å². The van der Waals surface area contributed by atoms with Crippen molar-refractivity contribution in [2.45, 2.75) is 13.0 Å². The number of ketones is 1. The molecule has 0 fully saturated rings. The molecule has 1 aromatic carbocycles. The number of hydrogen-bond donors (Lipinski definition) is 0. The molecular formula is C13H13NO4. The van der Waals surface area contributed by atoms with Crippen LogP contribution in [0.4, 0.5) is 0 Å². The van der Waals surface area contributed by atoms with E-state index in [0.717, 1.165) is 5.56 Å². The van der Waals surface area contributed by atoms with Crippen molar-refractivity contribution in [3.8, 4) is 0 Å². The van der Waals surface area contributed by atoms with Crippen LogP contribution in [0, 0.1) is 0 Å². The second-order valence-electron chi connectivity index (χ2n) is 3.92. The van der Waals surface area contributed by atoms with Crippen LogP contribution in [-0.2, 0) is 14.3 Å². The maximum absolute atomic E-state index is 11.3. The quantitative estimate of drug-likeness (QED) is 0.594. The second-order valence-corrected chi connectivity index (χ2v) is 3.92. The number of ether oxygens (including phenoxy) is 2.